The van der Waals surface area contributed by atoms with Gasteiger partial charge in [-0.15, -0.1) is 11.3 Å². The lowest BCUT2D eigenvalue weighted by Gasteiger charge is -2.36. The topological polar surface area (TPSA) is 58.6 Å². The van der Waals surface area contributed by atoms with E-state index in [1.807, 2.05) is 19.2 Å². The third-order valence-corrected chi connectivity index (χ3v) is 5.89. The van der Waals surface area contributed by atoms with Crippen LogP contribution in [0.25, 0.3) is 0 Å². The molecule has 0 bridgehead atoms. The van der Waals surface area contributed by atoms with Crippen molar-refractivity contribution < 1.29 is 14.2 Å². The summed E-state index contributed by atoms with van der Waals surface area (Å²) in [5, 5.41) is 5.57. The van der Waals surface area contributed by atoms with E-state index >= 15 is 0 Å². The average molecular weight is 419 g/mol. The van der Waals surface area contributed by atoms with Crippen molar-refractivity contribution in [2.75, 3.05) is 54.6 Å². The lowest BCUT2D eigenvalue weighted by Crippen LogP contribution is -2.52. The zero-order valence-electron chi connectivity index (χ0n) is 17.6. The van der Waals surface area contributed by atoms with Crippen molar-refractivity contribution in [1.29, 1.82) is 0 Å². The molecule has 1 aromatic heterocycles. The lowest BCUT2D eigenvalue weighted by molar-refractivity contribution is 0.172. The molecule has 29 heavy (non-hydrogen) atoms. The Labute approximate surface area is 176 Å². The van der Waals surface area contributed by atoms with Crippen LogP contribution in [0.2, 0.25) is 0 Å². The SMILES string of the molecule is CN=C(NCc1cccs1)N1CCN(Cc2cc(OC)c(OC)c(OC)c2)CC1. The number of piperazine rings is 1. The van der Waals surface area contributed by atoms with E-state index in [1.54, 1.807) is 32.7 Å². The number of rotatable bonds is 7. The molecule has 0 radical (unpaired) electrons. The zero-order chi connectivity index (χ0) is 20.6. The number of ether oxygens (including phenoxy) is 3. The smallest absolute Gasteiger partial charge is 0.203 e. The van der Waals surface area contributed by atoms with E-state index in [4.69, 9.17) is 14.2 Å². The van der Waals surface area contributed by atoms with Gasteiger partial charge in [-0.3, -0.25) is 9.89 Å². The van der Waals surface area contributed by atoms with Crippen molar-refractivity contribution in [2.24, 2.45) is 4.99 Å². The van der Waals surface area contributed by atoms with E-state index in [0.717, 1.165) is 50.8 Å². The highest BCUT2D eigenvalue weighted by Gasteiger charge is 2.21. The van der Waals surface area contributed by atoms with Crippen molar-refractivity contribution >= 4 is 17.3 Å². The molecule has 0 aliphatic carbocycles. The maximum atomic E-state index is 5.47. The minimum atomic E-state index is 0.629. The van der Waals surface area contributed by atoms with Gasteiger partial charge in [0.05, 0.1) is 27.9 Å². The molecule has 0 spiro atoms. The fourth-order valence-corrected chi connectivity index (χ4v) is 4.16. The summed E-state index contributed by atoms with van der Waals surface area (Å²) in [5.41, 5.74) is 1.15. The summed E-state index contributed by atoms with van der Waals surface area (Å²) >= 11 is 1.76. The van der Waals surface area contributed by atoms with Gasteiger partial charge in [0, 0.05) is 44.6 Å². The van der Waals surface area contributed by atoms with Gasteiger partial charge < -0.3 is 24.4 Å². The Hall–Kier alpha value is -2.45. The Morgan fingerprint density at radius 1 is 1.07 bits per heavy atom. The van der Waals surface area contributed by atoms with Gasteiger partial charge >= 0.3 is 0 Å². The van der Waals surface area contributed by atoms with Gasteiger partial charge in [0.25, 0.3) is 0 Å². The fraction of sp³-hybridized carbons (Fsp3) is 0.476. The minimum absolute atomic E-state index is 0.629. The highest BCUT2D eigenvalue weighted by Crippen LogP contribution is 2.38. The minimum Gasteiger partial charge on any atom is -0.493 e. The first kappa shape index (κ1) is 21.3. The van der Waals surface area contributed by atoms with Gasteiger partial charge in [0.15, 0.2) is 17.5 Å². The average Bonchev–Trinajstić information content (AvgIpc) is 3.28. The number of hydrogen-bond donors (Lipinski definition) is 1. The molecule has 0 saturated carbocycles. The summed E-state index contributed by atoms with van der Waals surface area (Å²) in [7, 11) is 6.76. The normalized spacial score (nSPS) is 15.3. The maximum absolute atomic E-state index is 5.47. The monoisotopic (exact) mass is 418 g/mol. The second-order valence-corrected chi connectivity index (χ2v) is 7.81. The molecule has 2 aromatic rings. The van der Waals surface area contributed by atoms with E-state index in [2.05, 4.69) is 37.6 Å². The lowest BCUT2D eigenvalue weighted by atomic mass is 10.1. The molecule has 8 heteroatoms. The number of aliphatic imine (C=N–C) groups is 1. The predicted octanol–water partition coefficient (Wildman–Crippen LogP) is 2.67. The molecular weight excluding hydrogens is 388 g/mol. The predicted molar refractivity (Wildman–Crippen MR) is 117 cm³/mol. The van der Waals surface area contributed by atoms with Crippen LogP contribution in [0.1, 0.15) is 10.4 Å². The summed E-state index contributed by atoms with van der Waals surface area (Å²) in [6.45, 7) is 5.47. The molecule has 1 fully saturated rings. The second-order valence-electron chi connectivity index (χ2n) is 6.78. The van der Waals surface area contributed by atoms with E-state index in [1.165, 1.54) is 4.88 Å². The number of thiophene rings is 1. The Kier molecular flexibility index (Phi) is 7.60. The van der Waals surface area contributed by atoms with E-state index in [9.17, 15) is 0 Å². The molecule has 1 N–H and O–H groups in total. The summed E-state index contributed by atoms with van der Waals surface area (Å²) < 4.78 is 16.4. The molecular formula is C21H30N4O3S. The maximum Gasteiger partial charge on any atom is 0.203 e. The molecule has 2 heterocycles. The molecule has 1 aliphatic heterocycles. The van der Waals surface area contributed by atoms with Gasteiger partial charge in [-0.25, -0.2) is 0 Å². The molecule has 0 atom stereocenters. The van der Waals surface area contributed by atoms with Crippen LogP contribution in [0.5, 0.6) is 17.2 Å². The summed E-state index contributed by atoms with van der Waals surface area (Å²) in [6.07, 6.45) is 0. The Morgan fingerprint density at radius 3 is 2.28 bits per heavy atom. The Bertz CT molecular complexity index is 777. The van der Waals surface area contributed by atoms with E-state index in [0.29, 0.717) is 17.2 Å². The van der Waals surface area contributed by atoms with Crippen molar-refractivity contribution in [3.8, 4) is 17.2 Å². The van der Waals surface area contributed by atoms with Crippen LogP contribution in [-0.2, 0) is 13.1 Å². The van der Waals surface area contributed by atoms with Gasteiger partial charge in [-0.1, -0.05) is 6.07 Å². The molecule has 0 unspecified atom stereocenters. The molecule has 1 aromatic carbocycles. The first-order valence-electron chi connectivity index (χ1n) is 9.67. The molecule has 7 nitrogen and oxygen atoms in total. The third kappa shape index (κ3) is 5.33. The van der Waals surface area contributed by atoms with Crippen molar-refractivity contribution in [3.05, 3.63) is 40.1 Å². The third-order valence-electron chi connectivity index (χ3n) is 5.02. The molecule has 1 saturated heterocycles. The van der Waals surface area contributed by atoms with Crippen LogP contribution in [0.15, 0.2) is 34.6 Å². The first-order chi connectivity index (χ1) is 14.2. The molecule has 3 rings (SSSR count). The number of guanidine groups is 1. The van der Waals surface area contributed by atoms with E-state index < -0.39 is 0 Å². The fourth-order valence-electron chi connectivity index (χ4n) is 3.51. The van der Waals surface area contributed by atoms with Crippen LogP contribution in [0, 0.1) is 0 Å². The largest absolute Gasteiger partial charge is 0.493 e. The first-order valence-corrected chi connectivity index (χ1v) is 10.6. The van der Waals surface area contributed by atoms with E-state index in [-0.39, 0.29) is 0 Å². The standard InChI is InChI=1S/C21H30N4O3S/c1-22-21(23-14-17-6-5-11-29-17)25-9-7-24(8-10-25)15-16-12-18(26-2)20(28-4)19(13-16)27-3/h5-6,11-13H,7-10,14-15H2,1-4H3,(H,22,23). The van der Waals surface area contributed by atoms with Gasteiger partial charge in [-0.2, -0.15) is 0 Å². The zero-order valence-corrected chi connectivity index (χ0v) is 18.4. The van der Waals surface area contributed by atoms with Gasteiger partial charge in [-0.05, 0) is 29.1 Å². The van der Waals surface area contributed by atoms with Crippen LogP contribution in [0.4, 0.5) is 0 Å². The van der Waals surface area contributed by atoms with Gasteiger partial charge in [0.2, 0.25) is 5.75 Å². The van der Waals surface area contributed by atoms with Crippen molar-refractivity contribution in [3.63, 3.8) is 0 Å². The Morgan fingerprint density at radius 2 is 1.76 bits per heavy atom. The van der Waals surface area contributed by atoms with Gasteiger partial charge in [0.1, 0.15) is 0 Å². The number of hydrogen-bond acceptors (Lipinski definition) is 6. The molecule has 0 amide bonds. The Balaban J connectivity index is 1.56. The molecule has 1 aliphatic rings. The van der Waals surface area contributed by atoms with Crippen molar-refractivity contribution in [2.45, 2.75) is 13.1 Å². The quantitative estimate of drug-likeness (QED) is 0.551. The summed E-state index contributed by atoms with van der Waals surface area (Å²) in [6, 6.07) is 8.26. The van der Waals surface area contributed by atoms with Crippen molar-refractivity contribution in [1.82, 2.24) is 15.1 Å². The highest BCUT2D eigenvalue weighted by molar-refractivity contribution is 7.09. The molecule has 158 valence electrons. The summed E-state index contributed by atoms with van der Waals surface area (Å²) in [5.74, 6) is 2.98. The van der Waals surface area contributed by atoms with Crippen LogP contribution in [-0.4, -0.2) is 70.3 Å². The number of nitrogens with one attached hydrogen (secondary N) is 1. The number of nitrogens with zero attached hydrogens (tertiary/aromatic N) is 3. The number of benzene rings is 1. The van der Waals surface area contributed by atoms with Crippen LogP contribution in [0.3, 0.4) is 0 Å². The number of methoxy groups -OCH3 is 3. The van der Waals surface area contributed by atoms with Crippen LogP contribution < -0.4 is 19.5 Å². The van der Waals surface area contributed by atoms with Crippen LogP contribution >= 0.6 is 11.3 Å². The highest BCUT2D eigenvalue weighted by atomic mass is 32.1. The summed E-state index contributed by atoms with van der Waals surface area (Å²) in [4.78, 5) is 10.5. The second kappa shape index (κ2) is 10.4.